The van der Waals surface area contributed by atoms with Crippen LogP contribution in [-0.2, 0) is 0 Å². The van der Waals surface area contributed by atoms with Gasteiger partial charge in [0.15, 0.2) is 0 Å². The molecular weight excluding hydrogens is 268 g/mol. The maximum absolute atomic E-state index is 12.2. The molecular formula is C16H24N2O3. The quantitative estimate of drug-likeness (QED) is 0.872. The van der Waals surface area contributed by atoms with Crippen LogP contribution in [0.2, 0.25) is 0 Å². The van der Waals surface area contributed by atoms with Gasteiger partial charge in [0.2, 0.25) is 5.88 Å². The van der Waals surface area contributed by atoms with Gasteiger partial charge in [-0.3, -0.25) is 4.79 Å². The average Bonchev–Trinajstić information content (AvgIpc) is 2.53. The van der Waals surface area contributed by atoms with E-state index in [1.807, 2.05) is 0 Å². The van der Waals surface area contributed by atoms with E-state index in [0.29, 0.717) is 17.4 Å². The normalized spacial score (nSPS) is 25.4. The molecule has 21 heavy (non-hydrogen) atoms. The van der Waals surface area contributed by atoms with E-state index in [9.17, 15) is 9.90 Å². The Morgan fingerprint density at radius 3 is 2.86 bits per heavy atom. The molecule has 1 fully saturated rings. The van der Waals surface area contributed by atoms with E-state index in [-0.39, 0.29) is 12.5 Å². The van der Waals surface area contributed by atoms with Crippen molar-refractivity contribution in [3.05, 3.63) is 23.9 Å². The van der Waals surface area contributed by atoms with Crippen LogP contribution in [0, 0.1) is 5.92 Å². The van der Waals surface area contributed by atoms with Gasteiger partial charge in [-0.05, 0) is 43.7 Å². The highest BCUT2D eigenvalue weighted by atomic mass is 16.5. The Morgan fingerprint density at radius 1 is 1.52 bits per heavy atom. The Morgan fingerprint density at radius 2 is 2.24 bits per heavy atom. The van der Waals surface area contributed by atoms with Crippen LogP contribution in [0.3, 0.4) is 0 Å². The van der Waals surface area contributed by atoms with Gasteiger partial charge >= 0.3 is 0 Å². The first kappa shape index (κ1) is 15.8. The Hall–Kier alpha value is -1.62. The predicted molar refractivity (Wildman–Crippen MR) is 80.3 cm³/mol. The zero-order valence-corrected chi connectivity index (χ0v) is 12.8. The van der Waals surface area contributed by atoms with Gasteiger partial charge in [0.1, 0.15) is 5.56 Å². The second-order valence-corrected chi connectivity index (χ2v) is 5.82. The third kappa shape index (κ3) is 3.94. The lowest BCUT2D eigenvalue weighted by Gasteiger charge is -2.35. The SMILES string of the molecule is CCC1CCC(O)(CNC(=O)c2cccnc2OC)CC1. The number of pyridine rings is 1. The summed E-state index contributed by atoms with van der Waals surface area (Å²) in [7, 11) is 1.48. The minimum atomic E-state index is -0.781. The van der Waals surface area contributed by atoms with E-state index >= 15 is 0 Å². The molecule has 1 aliphatic carbocycles. The lowest BCUT2D eigenvalue weighted by atomic mass is 9.78. The summed E-state index contributed by atoms with van der Waals surface area (Å²) in [5, 5.41) is 13.4. The molecule has 2 rings (SSSR count). The summed E-state index contributed by atoms with van der Waals surface area (Å²) in [5.74, 6) is 0.752. The maximum atomic E-state index is 12.2. The number of nitrogens with zero attached hydrogens (tertiary/aromatic N) is 1. The third-order valence-electron chi connectivity index (χ3n) is 4.40. The molecule has 1 amide bonds. The zero-order chi connectivity index (χ0) is 15.3. The average molecular weight is 292 g/mol. The van der Waals surface area contributed by atoms with Crippen LogP contribution in [0.1, 0.15) is 49.4 Å². The van der Waals surface area contributed by atoms with E-state index < -0.39 is 5.60 Å². The minimum absolute atomic E-state index is 0.258. The van der Waals surface area contributed by atoms with E-state index in [2.05, 4.69) is 17.2 Å². The van der Waals surface area contributed by atoms with Crippen LogP contribution in [0.4, 0.5) is 0 Å². The molecule has 1 aliphatic rings. The fourth-order valence-corrected chi connectivity index (χ4v) is 2.87. The fourth-order valence-electron chi connectivity index (χ4n) is 2.87. The molecule has 1 heterocycles. The lowest BCUT2D eigenvalue weighted by Crippen LogP contribution is -2.45. The van der Waals surface area contributed by atoms with Gasteiger partial charge in [0.05, 0.1) is 12.7 Å². The number of ether oxygens (including phenoxy) is 1. The smallest absolute Gasteiger partial charge is 0.256 e. The van der Waals surface area contributed by atoms with Crippen LogP contribution in [-0.4, -0.2) is 35.3 Å². The molecule has 2 N–H and O–H groups in total. The molecule has 1 aromatic heterocycles. The van der Waals surface area contributed by atoms with Crippen molar-refractivity contribution < 1.29 is 14.6 Å². The number of amides is 1. The van der Waals surface area contributed by atoms with Gasteiger partial charge in [-0.2, -0.15) is 0 Å². The van der Waals surface area contributed by atoms with Gasteiger partial charge in [-0.25, -0.2) is 4.98 Å². The van der Waals surface area contributed by atoms with Crippen molar-refractivity contribution >= 4 is 5.91 Å². The summed E-state index contributed by atoms with van der Waals surface area (Å²) < 4.78 is 5.08. The van der Waals surface area contributed by atoms with Crippen molar-refractivity contribution in [2.45, 2.75) is 44.6 Å². The number of aliphatic hydroxyl groups is 1. The van der Waals surface area contributed by atoms with Crippen molar-refractivity contribution in [3.8, 4) is 5.88 Å². The standard InChI is InChI=1S/C16H24N2O3/c1-3-12-6-8-16(20,9-7-12)11-18-14(19)13-5-4-10-17-15(13)21-2/h4-5,10,12,20H,3,6-9,11H2,1-2H3,(H,18,19). The zero-order valence-electron chi connectivity index (χ0n) is 12.8. The number of hydrogen-bond donors (Lipinski definition) is 2. The second-order valence-electron chi connectivity index (χ2n) is 5.82. The van der Waals surface area contributed by atoms with Gasteiger partial charge in [0.25, 0.3) is 5.91 Å². The molecule has 0 aliphatic heterocycles. The molecule has 0 unspecified atom stereocenters. The van der Waals surface area contributed by atoms with Crippen molar-refractivity contribution in [2.75, 3.05) is 13.7 Å². The van der Waals surface area contributed by atoms with E-state index in [0.717, 1.165) is 32.1 Å². The summed E-state index contributed by atoms with van der Waals surface area (Å²) in [4.78, 5) is 16.2. The van der Waals surface area contributed by atoms with E-state index in [4.69, 9.17) is 4.74 Å². The van der Waals surface area contributed by atoms with Gasteiger partial charge < -0.3 is 15.2 Å². The Bertz CT molecular complexity index is 482. The first-order valence-corrected chi connectivity index (χ1v) is 7.57. The lowest BCUT2D eigenvalue weighted by molar-refractivity contribution is -0.00789. The Balaban J connectivity index is 1.92. The number of aromatic nitrogens is 1. The highest BCUT2D eigenvalue weighted by Gasteiger charge is 2.33. The van der Waals surface area contributed by atoms with Crippen LogP contribution in [0.5, 0.6) is 5.88 Å². The van der Waals surface area contributed by atoms with E-state index in [1.54, 1.807) is 18.3 Å². The number of rotatable bonds is 5. The second kappa shape index (κ2) is 6.89. The van der Waals surface area contributed by atoms with Crippen molar-refractivity contribution in [2.24, 2.45) is 5.92 Å². The van der Waals surface area contributed by atoms with Crippen LogP contribution in [0.15, 0.2) is 18.3 Å². The van der Waals surface area contributed by atoms with Crippen molar-refractivity contribution in [1.29, 1.82) is 0 Å². The number of carbonyl (C=O) groups is 1. The first-order chi connectivity index (χ1) is 10.1. The molecule has 0 saturated heterocycles. The molecule has 1 saturated carbocycles. The summed E-state index contributed by atoms with van der Waals surface area (Å²) in [6.07, 6.45) is 6.29. The van der Waals surface area contributed by atoms with Gasteiger partial charge in [-0.1, -0.05) is 13.3 Å². The van der Waals surface area contributed by atoms with E-state index in [1.165, 1.54) is 7.11 Å². The number of hydrogen-bond acceptors (Lipinski definition) is 4. The molecule has 116 valence electrons. The molecule has 5 heteroatoms. The largest absolute Gasteiger partial charge is 0.480 e. The Kier molecular flexibility index (Phi) is 5.17. The molecule has 0 atom stereocenters. The summed E-state index contributed by atoms with van der Waals surface area (Å²) in [5.41, 5.74) is -0.387. The summed E-state index contributed by atoms with van der Waals surface area (Å²) in [6.45, 7) is 2.46. The maximum Gasteiger partial charge on any atom is 0.256 e. The summed E-state index contributed by atoms with van der Waals surface area (Å²) >= 11 is 0. The van der Waals surface area contributed by atoms with Gasteiger partial charge in [0, 0.05) is 12.7 Å². The molecule has 0 spiro atoms. The molecule has 0 bridgehead atoms. The molecule has 0 radical (unpaired) electrons. The first-order valence-electron chi connectivity index (χ1n) is 7.57. The monoisotopic (exact) mass is 292 g/mol. The topological polar surface area (TPSA) is 71.5 Å². The highest BCUT2D eigenvalue weighted by Crippen LogP contribution is 2.33. The minimum Gasteiger partial charge on any atom is -0.480 e. The number of nitrogens with one attached hydrogen (secondary N) is 1. The molecule has 1 aromatic rings. The van der Waals surface area contributed by atoms with Crippen molar-refractivity contribution in [3.63, 3.8) is 0 Å². The third-order valence-corrected chi connectivity index (χ3v) is 4.40. The van der Waals surface area contributed by atoms with Crippen molar-refractivity contribution in [1.82, 2.24) is 10.3 Å². The highest BCUT2D eigenvalue weighted by molar-refractivity contribution is 5.96. The molecule has 5 nitrogen and oxygen atoms in total. The number of carbonyl (C=O) groups excluding carboxylic acids is 1. The predicted octanol–water partition coefficient (Wildman–Crippen LogP) is 2.15. The Labute approximate surface area is 125 Å². The number of methoxy groups -OCH3 is 1. The van der Waals surface area contributed by atoms with Crippen LogP contribution in [0.25, 0.3) is 0 Å². The van der Waals surface area contributed by atoms with Crippen LogP contribution >= 0.6 is 0 Å². The van der Waals surface area contributed by atoms with Crippen LogP contribution < -0.4 is 10.1 Å². The molecule has 0 aromatic carbocycles. The van der Waals surface area contributed by atoms with Gasteiger partial charge in [-0.15, -0.1) is 0 Å². The fraction of sp³-hybridized carbons (Fsp3) is 0.625. The summed E-state index contributed by atoms with van der Waals surface area (Å²) in [6, 6.07) is 3.36.